The van der Waals surface area contributed by atoms with Crippen molar-refractivity contribution in [1.82, 2.24) is 30.6 Å². The average molecular weight is 696 g/mol. The predicted octanol–water partition coefficient (Wildman–Crippen LogP) is 4.29. The van der Waals surface area contributed by atoms with E-state index in [1.807, 2.05) is 63.5 Å². The van der Waals surface area contributed by atoms with Crippen LogP contribution in [0.25, 0.3) is 10.4 Å². The molecule has 3 aliphatic rings. The lowest BCUT2D eigenvalue weighted by atomic mass is 9.91. The van der Waals surface area contributed by atoms with Crippen molar-refractivity contribution in [3.63, 3.8) is 0 Å². The second kappa shape index (κ2) is 14.8. The number of β-amino-alcohol motifs (C(OH)–C–C–N with tert-alkyl or cyclic N) is 1. The van der Waals surface area contributed by atoms with Crippen LogP contribution in [0, 0.1) is 12.8 Å². The minimum Gasteiger partial charge on any atom is -0.391 e. The van der Waals surface area contributed by atoms with E-state index in [1.165, 1.54) is 4.90 Å². The van der Waals surface area contributed by atoms with Gasteiger partial charge < -0.3 is 30.1 Å². The largest absolute Gasteiger partial charge is 0.391 e. The molecule has 0 spiro atoms. The Bertz CT molecular complexity index is 1590. The topological polar surface area (TPSA) is 127 Å². The molecule has 3 N–H and O–H groups in total. The third kappa shape index (κ3) is 7.84. The molecule has 1 unspecified atom stereocenters. The third-order valence-electron chi connectivity index (χ3n) is 10.5. The number of aliphatic hydroxyl groups is 1. The Kier molecular flexibility index (Phi) is 10.7. The summed E-state index contributed by atoms with van der Waals surface area (Å²) in [5, 5.41) is 21.3. The van der Waals surface area contributed by atoms with Crippen LogP contribution in [0.5, 0.6) is 0 Å². The van der Waals surface area contributed by atoms with Crippen molar-refractivity contribution in [2.75, 3.05) is 50.7 Å². The maximum Gasteiger partial charge on any atom is 0.243 e. The second-order valence-corrected chi connectivity index (χ2v) is 15.3. The molecule has 13 heteroatoms. The fourth-order valence-corrected chi connectivity index (χ4v) is 8.34. The Morgan fingerprint density at radius 2 is 1.90 bits per heavy atom. The zero-order chi connectivity index (χ0) is 34.9. The van der Waals surface area contributed by atoms with E-state index in [4.69, 9.17) is 4.52 Å². The number of carbonyl (C=O) groups is 2. The quantitative estimate of drug-likeness (QED) is 0.285. The van der Waals surface area contributed by atoms with Crippen molar-refractivity contribution in [1.29, 1.82) is 0 Å². The van der Waals surface area contributed by atoms with Crippen molar-refractivity contribution in [3.05, 3.63) is 52.9 Å². The van der Waals surface area contributed by atoms with Crippen LogP contribution in [0.3, 0.4) is 0 Å². The van der Waals surface area contributed by atoms with E-state index in [0.717, 1.165) is 21.7 Å². The summed E-state index contributed by atoms with van der Waals surface area (Å²) in [6, 6.07) is 8.91. The summed E-state index contributed by atoms with van der Waals surface area (Å²) in [4.78, 5) is 39.1. The lowest BCUT2D eigenvalue weighted by Crippen LogP contribution is -2.57. The number of amides is 2. The molecule has 0 radical (unpaired) electrons. The van der Waals surface area contributed by atoms with Crippen LogP contribution < -0.4 is 15.5 Å². The van der Waals surface area contributed by atoms with E-state index in [2.05, 4.69) is 37.5 Å². The summed E-state index contributed by atoms with van der Waals surface area (Å²) >= 11 is 1.59. The van der Waals surface area contributed by atoms with Gasteiger partial charge in [-0.25, -0.2) is 9.37 Å². The first-order chi connectivity index (χ1) is 23.4. The molecule has 3 aliphatic heterocycles. The van der Waals surface area contributed by atoms with Crippen LogP contribution in [0.1, 0.15) is 75.9 Å². The zero-order valence-electron chi connectivity index (χ0n) is 29.2. The summed E-state index contributed by atoms with van der Waals surface area (Å²) in [6.45, 7) is 13.9. The lowest BCUT2D eigenvalue weighted by molar-refractivity contribution is -0.141. The van der Waals surface area contributed by atoms with Crippen molar-refractivity contribution in [2.45, 2.75) is 89.7 Å². The first kappa shape index (κ1) is 35.4. The van der Waals surface area contributed by atoms with Gasteiger partial charge in [0.05, 0.1) is 28.2 Å². The van der Waals surface area contributed by atoms with Crippen LogP contribution in [0.15, 0.2) is 40.4 Å². The SMILES string of the molecule is Cc1ncsc1-c1ccc(C(C)NC(=O)[C@@H]2C[C@@H](O)CN2C(=O)[C@H](c2cc(N3CCN(CC4(F)CCNCC4)[C@H](C)C3)no2)C(C)C)cc1. The molecule has 49 heavy (non-hydrogen) atoms. The zero-order valence-corrected chi connectivity index (χ0v) is 30.0. The van der Waals surface area contributed by atoms with Crippen molar-refractivity contribution in [2.24, 2.45) is 5.92 Å². The van der Waals surface area contributed by atoms with Crippen LogP contribution in [0.2, 0.25) is 0 Å². The molecular formula is C36H50FN7O4S. The fourth-order valence-electron chi connectivity index (χ4n) is 7.53. The Balaban J connectivity index is 1.10. The van der Waals surface area contributed by atoms with Crippen LogP contribution in [0.4, 0.5) is 10.2 Å². The number of aryl methyl sites for hydroxylation is 1. The number of thiazole rings is 1. The van der Waals surface area contributed by atoms with Crippen molar-refractivity contribution >= 4 is 29.0 Å². The summed E-state index contributed by atoms with van der Waals surface area (Å²) < 4.78 is 21.3. The van der Waals surface area contributed by atoms with Crippen LogP contribution >= 0.6 is 11.3 Å². The molecule has 3 aromatic rings. The molecule has 0 aliphatic carbocycles. The number of halogens is 1. The Morgan fingerprint density at radius 1 is 1.16 bits per heavy atom. The molecule has 0 saturated carbocycles. The van der Waals surface area contributed by atoms with Gasteiger partial charge in [-0.15, -0.1) is 11.3 Å². The number of aromatic nitrogens is 2. The van der Waals surface area contributed by atoms with Gasteiger partial charge in [-0.1, -0.05) is 43.3 Å². The van der Waals surface area contributed by atoms with E-state index >= 15 is 4.39 Å². The minimum absolute atomic E-state index is 0.0734. The van der Waals surface area contributed by atoms with Crippen molar-refractivity contribution < 1.29 is 23.6 Å². The molecule has 5 atom stereocenters. The van der Waals surface area contributed by atoms with Crippen LogP contribution in [-0.4, -0.2) is 107 Å². The first-order valence-corrected chi connectivity index (χ1v) is 18.4. The highest BCUT2D eigenvalue weighted by atomic mass is 32.1. The highest BCUT2D eigenvalue weighted by Gasteiger charge is 2.44. The van der Waals surface area contributed by atoms with Gasteiger partial charge in [-0.05, 0) is 63.7 Å². The number of hydrogen-bond acceptors (Lipinski definition) is 10. The second-order valence-electron chi connectivity index (χ2n) is 14.5. The maximum atomic E-state index is 15.4. The van der Waals surface area contributed by atoms with Gasteiger partial charge in [0.25, 0.3) is 0 Å². The van der Waals surface area contributed by atoms with Gasteiger partial charge >= 0.3 is 0 Å². The molecule has 266 valence electrons. The van der Waals surface area contributed by atoms with Gasteiger partial charge in [0.2, 0.25) is 11.8 Å². The molecule has 11 nitrogen and oxygen atoms in total. The molecule has 3 fully saturated rings. The summed E-state index contributed by atoms with van der Waals surface area (Å²) in [6.07, 6.45) is 0.435. The van der Waals surface area contributed by atoms with E-state index in [1.54, 1.807) is 11.3 Å². The number of likely N-dealkylation sites (tertiary alicyclic amines) is 1. The smallest absolute Gasteiger partial charge is 0.243 e. The number of benzene rings is 1. The van der Waals surface area contributed by atoms with Crippen LogP contribution in [-0.2, 0) is 9.59 Å². The number of alkyl halides is 1. The molecule has 5 heterocycles. The third-order valence-corrected chi connectivity index (χ3v) is 11.4. The predicted molar refractivity (Wildman–Crippen MR) is 188 cm³/mol. The molecule has 0 bridgehead atoms. The normalized spacial score (nSPS) is 24.3. The minimum atomic E-state index is -1.16. The highest BCUT2D eigenvalue weighted by Crippen LogP contribution is 2.34. The number of hydrogen-bond donors (Lipinski definition) is 3. The highest BCUT2D eigenvalue weighted by molar-refractivity contribution is 7.13. The van der Waals surface area contributed by atoms with E-state index in [-0.39, 0.29) is 42.8 Å². The first-order valence-electron chi connectivity index (χ1n) is 17.6. The van der Waals surface area contributed by atoms with E-state index < -0.39 is 23.7 Å². The number of carbonyl (C=O) groups excluding carboxylic acids is 2. The van der Waals surface area contributed by atoms with Gasteiger partial charge in [-0.3, -0.25) is 14.5 Å². The van der Waals surface area contributed by atoms with E-state index in [9.17, 15) is 14.7 Å². The number of nitrogens with zero attached hydrogens (tertiary/aromatic N) is 5. The molecule has 1 aromatic carbocycles. The Labute approximate surface area is 292 Å². The average Bonchev–Trinajstić information content (AvgIpc) is 3.82. The number of aliphatic hydroxyl groups excluding tert-OH is 1. The number of anilines is 1. The number of piperidine rings is 1. The van der Waals surface area contributed by atoms with Gasteiger partial charge in [0, 0.05) is 51.3 Å². The molecule has 2 aromatic heterocycles. The monoisotopic (exact) mass is 695 g/mol. The number of nitrogens with one attached hydrogen (secondary N) is 2. The fraction of sp³-hybridized carbons (Fsp3) is 0.611. The molecule has 6 rings (SSSR count). The summed E-state index contributed by atoms with van der Waals surface area (Å²) in [5.41, 5.74) is 3.68. The van der Waals surface area contributed by atoms with Gasteiger partial charge in [0.15, 0.2) is 11.6 Å². The Morgan fingerprint density at radius 3 is 2.55 bits per heavy atom. The molecular weight excluding hydrogens is 646 g/mol. The lowest BCUT2D eigenvalue weighted by Gasteiger charge is -2.43. The maximum absolute atomic E-state index is 15.4. The molecule has 2 amide bonds. The van der Waals surface area contributed by atoms with E-state index in [0.29, 0.717) is 63.7 Å². The van der Waals surface area contributed by atoms with Gasteiger partial charge in [0.1, 0.15) is 17.6 Å². The number of piperazine rings is 1. The summed E-state index contributed by atoms with van der Waals surface area (Å²) in [5.74, 6) is -0.292. The van der Waals surface area contributed by atoms with Crippen molar-refractivity contribution in [3.8, 4) is 10.4 Å². The standard InChI is InChI=1S/C36H50FN7O4S/c1-22(2)32(30-17-31(41-48-30)42-14-15-43(23(3)18-42)20-36(37)10-12-38-13-11-36)35(47)44-19-28(45)16-29(44)34(46)40-24(4)26-6-8-27(9-7-26)33-25(5)39-21-49-33/h6-9,17,21-24,28-29,32,38,45H,10-16,18-20H2,1-5H3,(H,40,46)/t23-,24?,28-,29+,32+/m1/s1. The molecule has 3 saturated heterocycles. The van der Waals surface area contributed by atoms with Gasteiger partial charge in [-0.2, -0.15) is 0 Å². The Hall–Kier alpha value is -3.39. The summed E-state index contributed by atoms with van der Waals surface area (Å²) in [7, 11) is 0. The number of rotatable bonds is 10.